The average Bonchev–Trinajstić information content (AvgIpc) is 2.60. The highest BCUT2D eigenvalue weighted by molar-refractivity contribution is 9.10. The number of hydrogen-bond acceptors (Lipinski definition) is 4. The van der Waals surface area contributed by atoms with Gasteiger partial charge < -0.3 is 14.4 Å². The Hall–Kier alpha value is -2.48. The number of halogens is 3. The number of nitrogens with zero attached hydrogens (tertiary/aromatic N) is 1. The van der Waals surface area contributed by atoms with Gasteiger partial charge >= 0.3 is 5.97 Å². The van der Waals surface area contributed by atoms with Crippen LogP contribution in [-0.2, 0) is 20.9 Å². The van der Waals surface area contributed by atoms with Crippen molar-refractivity contribution in [3.8, 4) is 5.75 Å². The quantitative estimate of drug-likeness (QED) is 0.608. The maximum atomic E-state index is 13.6. The van der Waals surface area contributed by atoms with Crippen molar-refractivity contribution in [1.29, 1.82) is 0 Å². The molecule has 154 valence electrons. The predicted molar refractivity (Wildman–Crippen MR) is 107 cm³/mol. The van der Waals surface area contributed by atoms with Crippen LogP contribution in [-0.4, -0.2) is 23.6 Å². The van der Waals surface area contributed by atoms with Crippen LogP contribution in [0.25, 0.3) is 0 Å². The molecule has 1 amide bonds. The Balaban J connectivity index is 1.90. The molecule has 1 aliphatic rings. The van der Waals surface area contributed by atoms with Crippen molar-refractivity contribution >= 4 is 33.5 Å². The zero-order valence-electron chi connectivity index (χ0n) is 16.2. The van der Waals surface area contributed by atoms with Crippen LogP contribution in [0.2, 0.25) is 0 Å². The second-order valence-corrected chi connectivity index (χ2v) is 8.60. The van der Waals surface area contributed by atoms with Gasteiger partial charge in [0.05, 0.1) is 18.7 Å². The standard InChI is InChI=1S/C21H20BrF2NO4/c1-21(2,3)29-19(26)10-18-20(27)25(11-12-4-6-14(23)15(24)8-12)16-7-5-13(22)9-17(16)28-18/h4-9,18H,10-11H2,1-3H3. The molecule has 1 aliphatic heterocycles. The molecule has 0 saturated heterocycles. The number of ether oxygens (including phenoxy) is 2. The number of carbonyl (C=O) groups is 2. The third kappa shape index (κ3) is 5.12. The molecule has 0 spiro atoms. The number of hydrogen-bond donors (Lipinski definition) is 0. The summed E-state index contributed by atoms with van der Waals surface area (Å²) in [5, 5.41) is 0. The summed E-state index contributed by atoms with van der Waals surface area (Å²) in [6, 6.07) is 8.56. The minimum Gasteiger partial charge on any atom is -0.478 e. The fourth-order valence-electron chi connectivity index (χ4n) is 2.95. The molecule has 0 fully saturated rings. The lowest BCUT2D eigenvalue weighted by Gasteiger charge is -2.34. The first-order chi connectivity index (χ1) is 13.5. The number of carbonyl (C=O) groups excluding carboxylic acids is 2. The van der Waals surface area contributed by atoms with Gasteiger partial charge in [-0.3, -0.25) is 9.59 Å². The summed E-state index contributed by atoms with van der Waals surface area (Å²) in [7, 11) is 0. The zero-order valence-corrected chi connectivity index (χ0v) is 17.8. The van der Waals surface area contributed by atoms with Gasteiger partial charge in [0.15, 0.2) is 17.7 Å². The topological polar surface area (TPSA) is 55.8 Å². The Morgan fingerprint density at radius 2 is 1.90 bits per heavy atom. The summed E-state index contributed by atoms with van der Waals surface area (Å²) in [4.78, 5) is 26.7. The van der Waals surface area contributed by atoms with Crippen molar-refractivity contribution in [3.63, 3.8) is 0 Å². The fourth-order valence-corrected chi connectivity index (χ4v) is 3.29. The van der Waals surface area contributed by atoms with Crippen LogP contribution in [0.5, 0.6) is 5.75 Å². The van der Waals surface area contributed by atoms with E-state index >= 15 is 0 Å². The van der Waals surface area contributed by atoms with Crippen LogP contribution in [0.15, 0.2) is 40.9 Å². The third-order valence-electron chi connectivity index (χ3n) is 4.12. The van der Waals surface area contributed by atoms with Crippen molar-refractivity contribution in [1.82, 2.24) is 0 Å². The van der Waals surface area contributed by atoms with E-state index in [2.05, 4.69) is 15.9 Å². The zero-order chi connectivity index (χ0) is 21.3. The number of anilines is 1. The highest BCUT2D eigenvalue weighted by Gasteiger charge is 2.37. The van der Waals surface area contributed by atoms with E-state index in [-0.39, 0.29) is 13.0 Å². The molecule has 2 aromatic rings. The van der Waals surface area contributed by atoms with Crippen molar-refractivity contribution in [2.75, 3.05) is 4.90 Å². The van der Waals surface area contributed by atoms with E-state index in [1.165, 1.54) is 11.0 Å². The van der Waals surface area contributed by atoms with Gasteiger partial charge in [-0.15, -0.1) is 0 Å². The molecule has 0 saturated carbocycles. The molecular formula is C21H20BrF2NO4. The van der Waals surface area contributed by atoms with Crippen molar-refractivity contribution in [2.24, 2.45) is 0 Å². The van der Waals surface area contributed by atoms with E-state index in [1.54, 1.807) is 39.0 Å². The van der Waals surface area contributed by atoms with Crippen LogP contribution >= 0.6 is 15.9 Å². The van der Waals surface area contributed by atoms with Crippen LogP contribution < -0.4 is 9.64 Å². The minimum absolute atomic E-state index is 0.00115. The van der Waals surface area contributed by atoms with E-state index in [0.29, 0.717) is 17.0 Å². The van der Waals surface area contributed by atoms with Crippen LogP contribution in [0, 0.1) is 11.6 Å². The highest BCUT2D eigenvalue weighted by atomic mass is 79.9. The minimum atomic E-state index is -1.09. The van der Waals surface area contributed by atoms with Crippen molar-refractivity contribution in [3.05, 3.63) is 58.1 Å². The predicted octanol–water partition coefficient (Wildman–Crippen LogP) is 4.75. The Labute approximate surface area is 175 Å². The summed E-state index contributed by atoms with van der Waals surface area (Å²) in [5.74, 6) is -2.59. The molecule has 1 unspecified atom stereocenters. The van der Waals surface area contributed by atoms with Gasteiger partial charge in [-0.05, 0) is 56.7 Å². The first-order valence-electron chi connectivity index (χ1n) is 8.97. The first kappa shape index (κ1) is 21.2. The maximum Gasteiger partial charge on any atom is 0.310 e. The maximum absolute atomic E-state index is 13.6. The lowest BCUT2D eigenvalue weighted by atomic mass is 10.1. The van der Waals surface area contributed by atoms with Crippen LogP contribution in [0.4, 0.5) is 14.5 Å². The van der Waals surface area contributed by atoms with E-state index < -0.39 is 35.2 Å². The normalized spacial score (nSPS) is 16.3. The van der Waals surface area contributed by atoms with Crippen LogP contribution in [0.1, 0.15) is 32.8 Å². The SMILES string of the molecule is CC(C)(C)OC(=O)CC1Oc2cc(Br)ccc2N(Cc2ccc(F)c(F)c2)C1=O. The molecule has 1 heterocycles. The molecule has 0 aromatic heterocycles. The lowest BCUT2D eigenvalue weighted by Crippen LogP contribution is -2.47. The van der Waals surface area contributed by atoms with Gasteiger partial charge in [0.1, 0.15) is 11.4 Å². The monoisotopic (exact) mass is 467 g/mol. The average molecular weight is 468 g/mol. The van der Waals surface area contributed by atoms with Gasteiger partial charge in [0.2, 0.25) is 0 Å². The largest absolute Gasteiger partial charge is 0.478 e. The molecule has 0 aliphatic carbocycles. The summed E-state index contributed by atoms with van der Waals surface area (Å²) in [5.41, 5.74) is 0.188. The van der Waals surface area contributed by atoms with E-state index in [9.17, 15) is 18.4 Å². The van der Waals surface area contributed by atoms with Crippen molar-refractivity contribution < 1.29 is 27.8 Å². The Kier molecular flexibility index (Phi) is 5.93. The third-order valence-corrected chi connectivity index (χ3v) is 4.61. The summed E-state index contributed by atoms with van der Waals surface area (Å²) >= 11 is 3.35. The molecule has 3 rings (SSSR count). The summed E-state index contributed by atoms with van der Waals surface area (Å²) < 4.78 is 38.6. The van der Waals surface area contributed by atoms with Gasteiger partial charge in [0.25, 0.3) is 5.91 Å². The van der Waals surface area contributed by atoms with E-state index in [0.717, 1.165) is 16.6 Å². The van der Waals surface area contributed by atoms with Crippen LogP contribution in [0.3, 0.4) is 0 Å². The molecule has 2 aromatic carbocycles. The molecule has 8 heteroatoms. The van der Waals surface area contributed by atoms with E-state index in [1.807, 2.05) is 0 Å². The lowest BCUT2D eigenvalue weighted by molar-refractivity contribution is -0.158. The summed E-state index contributed by atoms with van der Waals surface area (Å²) in [6.07, 6.45) is -1.35. The molecule has 0 N–H and O–H groups in total. The summed E-state index contributed by atoms with van der Waals surface area (Å²) in [6.45, 7) is 5.20. The molecule has 29 heavy (non-hydrogen) atoms. The Morgan fingerprint density at radius 3 is 2.55 bits per heavy atom. The number of esters is 1. The second-order valence-electron chi connectivity index (χ2n) is 7.68. The smallest absolute Gasteiger partial charge is 0.310 e. The first-order valence-corrected chi connectivity index (χ1v) is 9.76. The number of amides is 1. The molecule has 0 radical (unpaired) electrons. The number of rotatable bonds is 4. The fraction of sp³-hybridized carbons (Fsp3) is 0.333. The molecule has 0 bridgehead atoms. The van der Waals surface area contributed by atoms with Gasteiger partial charge in [-0.1, -0.05) is 22.0 Å². The molecule has 1 atom stereocenters. The van der Waals surface area contributed by atoms with E-state index in [4.69, 9.17) is 9.47 Å². The Bertz CT molecular complexity index is 958. The van der Waals surface area contributed by atoms with Gasteiger partial charge in [-0.2, -0.15) is 0 Å². The number of benzene rings is 2. The van der Waals surface area contributed by atoms with Crippen molar-refractivity contribution in [2.45, 2.75) is 45.4 Å². The number of fused-ring (bicyclic) bond motifs is 1. The molecule has 5 nitrogen and oxygen atoms in total. The van der Waals surface area contributed by atoms with Gasteiger partial charge in [0, 0.05) is 4.47 Å². The second kappa shape index (κ2) is 8.10. The Morgan fingerprint density at radius 1 is 1.17 bits per heavy atom. The highest BCUT2D eigenvalue weighted by Crippen LogP contribution is 2.38. The van der Waals surface area contributed by atoms with Gasteiger partial charge in [-0.25, -0.2) is 8.78 Å². The molecular weight excluding hydrogens is 448 g/mol.